The van der Waals surface area contributed by atoms with Gasteiger partial charge in [-0.2, -0.15) is 0 Å². The summed E-state index contributed by atoms with van der Waals surface area (Å²) in [5.41, 5.74) is 0.377. The third kappa shape index (κ3) is 6.21. The van der Waals surface area contributed by atoms with Crippen molar-refractivity contribution in [1.82, 2.24) is 0 Å². The fraction of sp³-hybridized carbons (Fsp3) is 0.424. The van der Waals surface area contributed by atoms with Crippen LogP contribution in [0.5, 0.6) is 5.75 Å². The Morgan fingerprint density at radius 2 is 1.32 bits per heavy atom. The van der Waals surface area contributed by atoms with Crippen molar-refractivity contribution in [3.8, 4) is 5.75 Å². The van der Waals surface area contributed by atoms with Gasteiger partial charge in [0.05, 0.1) is 6.61 Å². The first-order valence-corrected chi connectivity index (χ1v) is 15.9. The van der Waals surface area contributed by atoms with Gasteiger partial charge in [-0.1, -0.05) is 113 Å². The van der Waals surface area contributed by atoms with Crippen LogP contribution < -0.4 is 15.1 Å². The van der Waals surface area contributed by atoms with Crippen molar-refractivity contribution in [2.24, 2.45) is 5.41 Å². The van der Waals surface area contributed by atoms with Crippen molar-refractivity contribution in [1.29, 1.82) is 0 Å². The van der Waals surface area contributed by atoms with Crippen LogP contribution in [-0.4, -0.2) is 32.6 Å². The van der Waals surface area contributed by atoms with Gasteiger partial charge in [0.1, 0.15) is 11.3 Å². The Labute approximate surface area is 229 Å². The molecule has 0 spiro atoms. The maximum absolute atomic E-state index is 11.6. The molecule has 1 fully saturated rings. The Hall–Kier alpha value is -2.89. The molecule has 3 aromatic rings. The van der Waals surface area contributed by atoms with Crippen molar-refractivity contribution in [2.75, 3.05) is 13.2 Å². The summed E-state index contributed by atoms with van der Waals surface area (Å²) in [5.74, 6) is -0.499. The minimum absolute atomic E-state index is 0.0426. The molecule has 4 rings (SSSR count). The molecule has 4 nitrogen and oxygen atoms in total. The van der Waals surface area contributed by atoms with Crippen LogP contribution in [0.25, 0.3) is 0 Å². The van der Waals surface area contributed by atoms with E-state index in [0.29, 0.717) is 19.0 Å². The van der Waals surface area contributed by atoms with Crippen LogP contribution in [0.1, 0.15) is 76.1 Å². The smallest absolute Gasteiger partial charge is 0.339 e. The van der Waals surface area contributed by atoms with Gasteiger partial charge in [-0.25, -0.2) is 4.79 Å². The predicted molar refractivity (Wildman–Crippen MR) is 157 cm³/mol. The van der Waals surface area contributed by atoms with E-state index in [2.05, 4.69) is 81.4 Å². The molecule has 3 aromatic carbocycles. The normalized spacial score (nSPS) is 15.7. The second-order valence-corrected chi connectivity index (χ2v) is 16.0. The van der Waals surface area contributed by atoms with Gasteiger partial charge in [0, 0.05) is 6.61 Å². The summed E-state index contributed by atoms with van der Waals surface area (Å²) in [7, 11) is -2.57. The van der Waals surface area contributed by atoms with Crippen molar-refractivity contribution >= 4 is 24.7 Å². The highest BCUT2D eigenvalue weighted by molar-refractivity contribution is 6.99. The van der Waals surface area contributed by atoms with E-state index >= 15 is 0 Å². The standard InChI is InChI=1S/C33H42O4Si/c1-32(2,3)38(27-15-7-4-8-16-27,28-17-9-5-10-18-28)37-26-24-33(21-13-6-14-22-33)23-25-36-30-20-12-11-19-29(30)31(34)35/h4-5,7-12,15-20H,6,13-14,21-26H2,1-3H3,(H,34,35). The highest BCUT2D eigenvalue weighted by Crippen LogP contribution is 2.44. The van der Waals surface area contributed by atoms with E-state index in [1.807, 2.05) is 6.07 Å². The minimum atomic E-state index is -2.57. The molecule has 0 atom stereocenters. The van der Waals surface area contributed by atoms with E-state index in [1.165, 1.54) is 42.5 Å². The summed E-state index contributed by atoms with van der Waals surface area (Å²) < 4.78 is 13.3. The lowest BCUT2D eigenvalue weighted by Crippen LogP contribution is -2.66. The fourth-order valence-corrected chi connectivity index (χ4v) is 10.8. The first-order chi connectivity index (χ1) is 18.3. The highest BCUT2D eigenvalue weighted by Gasteiger charge is 2.50. The van der Waals surface area contributed by atoms with Gasteiger partial charge in [0.15, 0.2) is 0 Å². The molecular formula is C33H42O4Si. The molecule has 0 heterocycles. The predicted octanol–water partition coefficient (Wildman–Crippen LogP) is 7.07. The van der Waals surface area contributed by atoms with E-state index in [1.54, 1.807) is 18.2 Å². The number of aromatic carboxylic acids is 1. The van der Waals surface area contributed by atoms with Gasteiger partial charge < -0.3 is 14.3 Å². The number of carboxylic acid groups (broad SMARTS) is 1. The number of carbonyl (C=O) groups is 1. The molecule has 1 aliphatic carbocycles. The topological polar surface area (TPSA) is 55.8 Å². The average Bonchev–Trinajstić information content (AvgIpc) is 2.92. The van der Waals surface area contributed by atoms with Crippen LogP contribution in [0.15, 0.2) is 84.9 Å². The van der Waals surface area contributed by atoms with Gasteiger partial charge in [-0.15, -0.1) is 0 Å². The van der Waals surface area contributed by atoms with Crippen LogP contribution in [0, 0.1) is 5.41 Å². The highest BCUT2D eigenvalue weighted by atomic mass is 28.4. The van der Waals surface area contributed by atoms with E-state index in [0.717, 1.165) is 12.8 Å². The zero-order valence-corrected chi connectivity index (χ0v) is 24.1. The number of rotatable bonds is 11. The Morgan fingerprint density at radius 1 is 0.789 bits per heavy atom. The number of carboxylic acids is 1. The third-order valence-corrected chi connectivity index (χ3v) is 13.3. The molecule has 1 N–H and O–H groups in total. The zero-order chi connectivity index (χ0) is 27.1. The summed E-state index contributed by atoms with van der Waals surface area (Å²) in [4.78, 5) is 11.6. The lowest BCUT2D eigenvalue weighted by molar-refractivity contribution is 0.0689. The second-order valence-electron chi connectivity index (χ2n) is 11.7. The molecule has 1 aliphatic rings. The lowest BCUT2D eigenvalue weighted by Gasteiger charge is -2.44. The molecule has 0 aromatic heterocycles. The maximum atomic E-state index is 11.6. The molecule has 0 bridgehead atoms. The Balaban J connectivity index is 1.54. The number of benzene rings is 3. The molecule has 0 saturated heterocycles. The van der Waals surface area contributed by atoms with Crippen LogP contribution in [0.4, 0.5) is 0 Å². The zero-order valence-electron chi connectivity index (χ0n) is 23.1. The van der Waals surface area contributed by atoms with Crippen molar-refractivity contribution in [3.63, 3.8) is 0 Å². The van der Waals surface area contributed by atoms with Crippen LogP contribution >= 0.6 is 0 Å². The number of ether oxygens (including phenoxy) is 1. The van der Waals surface area contributed by atoms with Gasteiger partial charge in [-0.05, 0) is 58.6 Å². The van der Waals surface area contributed by atoms with Crippen LogP contribution in [0.2, 0.25) is 5.04 Å². The van der Waals surface area contributed by atoms with E-state index in [9.17, 15) is 9.90 Å². The van der Waals surface area contributed by atoms with Gasteiger partial charge in [0.25, 0.3) is 8.32 Å². The van der Waals surface area contributed by atoms with Crippen molar-refractivity contribution in [2.45, 2.75) is 70.8 Å². The summed E-state index contributed by atoms with van der Waals surface area (Å²) in [6, 6.07) is 28.6. The fourth-order valence-electron chi connectivity index (χ4n) is 6.26. The SMILES string of the molecule is CC(C)(C)[Si](OCCC1(CCOc2ccccc2C(=O)O)CCCCC1)(c1ccccc1)c1ccccc1. The summed E-state index contributed by atoms with van der Waals surface area (Å²) >= 11 is 0. The van der Waals surface area contributed by atoms with Crippen LogP contribution in [0.3, 0.4) is 0 Å². The molecule has 0 radical (unpaired) electrons. The summed E-state index contributed by atoms with van der Waals surface area (Å²) in [6.07, 6.45) is 7.96. The molecule has 5 heteroatoms. The Bertz CT molecular complexity index is 1120. The van der Waals surface area contributed by atoms with Crippen molar-refractivity contribution in [3.05, 3.63) is 90.5 Å². The summed E-state index contributed by atoms with van der Waals surface area (Å²) in [6.45, 7) is 8.19. The monoisotopic (exact) mass is 530 g/mol. The molecule has 0 aliphatic heterocycles. The van der Waals surface area contributed by atoms with Gasteiger partial charge in [-0.3, -0.25) is 0 Å². The minimum Gasteiger partial charge on any atom is -0.493 e. The lowest BCUT2D eigenvalue weighted by atomic mass is 9.70. The van der Waals surface area contributed by atoms with Gasteiger partial charge in [0.2, 0.25) is 0 Å². The number of hydrogen-bond donors (Lipinski definition) is 1. The Morgan fingerprint density at radius 3 is 1.87 bits per heavy atom. The van der Waals surface area contributed by atoms with Crippen molar-refractivity contribution < 1.29 is 19.1 Å². The van der Waals surface area contributed by atoms with Crippen LogP contribution in [-0.2, 0) is 4.43 Å². The molecule has 0 amide bonds. The second kappa shape index (κ2) is 12.3. The third-order valence-electron chi connectivity index (χ3n) is 8.29. The maximum Gasteiger partial charge on any atom is 0.339 e. The van der Waals surface area contributed by atoms with E-state index in [-0.39, 0.29) is 16.0 Å². The molecule has 38 heavy (non-hydrogen) atoms. The van der Waals surface area contributed by atoms with Gasteiger partial charge >= 0.3 is 5.97 Å². The first kappa shape index (κ1) is 28.1. The molecule has 202 valence electrons. The Kier molecular flexibility index (Phi) is 9.11. The van der Waals surface area contributed by atoms with E-state index < -0.39 is 14.3 Å². The number of para-hydroxylation sites is 1. The molecule has 1 saturated carbocycles. The molecular weight excluding hydrogens is 488 g/mol. The summed E-state index contributed by atoms with van der Waals surface area (Å²) in [5, 5.41) is 12.1. The van der Waals surface area contributed by atoms with E-state index in [4.69, 9.17) is 9.16 Å². The first-order valence-electron chi connectivity index (χ1n) is 14.0. The molecule has 0 unspecified atom stereocenters. The average molecular weight is 531 g/mol. The number of hydrogen-bond acceptors (Lipinski definition) is 3. The largest absolute Gasteiger partial charge is 0.493 e. The quantitative estimate of drug-likeness (QED) is 0.269.